The quantitative estimate of drug-likeness (QED) is 0.173. The van der Waals surface area contributed by atoms with E-state index in [1.165, 1.54) is 55.3 Å². The molecule has 0 saturated carbocycles. The minimum Gasteiger partial charge on any atom is -0.455 e. The lowest BCUT2D eigenvalue weighted by Crippen LogP contribution is -2.25. The van der Waals surface area contributed by atoms with Crippen LogP contribution in [0.3, 0.4) is 0 Å². The standard InChI is InChI=1S/C64H38N4O/c1-3-18-39(19-4-1)42-27-17-28-48-46-35-34-41(38-57(46)69-60(42)48)62-65-61(40-20-5-2-6-21-40)66-63(67-62)50-26-11-16-33-56(50)68-55-32-15-10-24-45(55)47-36-37-54-58(59(47)68)49-25-9-14-31-53(49)64(54)51-29-12-7-22-43(51)44-23-8-13-30-52(44)64/h1-38H. The van der Waals surface area contributed by atoms with E-state index in [-0.39, 0.29) is 0 Å². The van der Waals surface area contributed by atoms with Gasteiger partial charge in [0.2, 0.25) is 0 Å². The first-order valence-electron chi connectivity index (χ1n) is 23.5. The van der Waals surface area contributed by atoms with Gasteiger partial charge in [0, 0.05) is 49.4 Å². The predicted octanol–water partition coefficient (Wildman–Crippen LogP) is 15.9. The number of hydrogen-bond donors (Lipinski definition) is 0. The summed E-state index contributed by atoms with van der Waals surface area (Å²) in [5.41, 5.74) is 19.6. The number of hydrogen-bond acceptors (Lipinski definition) is 4. The molecule has 0 bridgehead atoms. The first-order chi connectivity index (χ1) is 34.2. The maximum absolute atomic E-state index is 6.74. The fourth-order valence-electron chi connectivity index (χ4n) is 11.9. The van der Waals surface area contributed by atoms with Crippen molar-refractivity contribution in [2.75, 3.05) is 0 Å². The van der Waals surface area contributed by atoms with E-state index < -0.39 is 5.41 Å². The van der Waals surface area contributed by atoms with Crippen LogP contribution in [0.25, 0.3) is 117 Å². The van der Waals surface area contributed by atoms with Crippen molar-refractivity contribution in [1.29, 1.82) is 0 Å². The van der Waals surface area contributed by atoms with E-state index in [4.69, 9.17) is 19.4 Å². The largest absolute Gasteiger partial charge is 0.455 e. The molecule has 1 spiro atoms. The SMILES string of the molecule is c1ccc(-c2nc(-c3ccc4c(c3)oc3c(-c5ccccc5)cccc34)nc(-c3ccccc3-n3c4ccccc4c4ccc5c(c43)-c3ccccc3C53c4ccccc4-c4ccccc43)n2)cc1. The average Bonchev–Trinajstić information content (AvgIpc) is 4.15. The molecule has 0 aliphatic heterocycles. The number of para-hydroxylation sites is 3. The Morgan fingerprint density at radius 2 is 0.899 bits per heavy atom. The predicted molar refractivity (Wildman–Crippen MR) is 279 cm³/mol. The molecule has 15 rings (SSSR count). The third kappa shape index (κ3) is 5.27. The van der Waals surface area contributed by atoms with Crippen LogP contribution in [0.2, 0.25) is 0 Å². The molecular formula is C64H38N4O. The van der Waals surface area contributed by atoms with Crippen LogP contribution in [0.1, 0.15) is 22.3 Å². The molecule has 69 heavy (non-hydrogen) atoms. The van der Waals surface area contributed by atoms with E-state index in [1.807, 2.05) is 24.3 Å². The van der Waals surface area contributed by atoms with Gasteiger partial charge in [-0.1, -0.05) is 200 Å². The summed E-state index contributed by atoms with van der Waals surface area (Å²) in [6.45, 7) is 0. The second kappa shape index (κ2) is 14.4. The van der Waals surface area contributed by atoms with E-state index >= 15 is 0 Å². The van der Waals surface area contributed by atoms with Gasteiger partial charge in [-0.05, 0) is 74.8 Å². The molecule has 2 aliphatic carbocycles. The Labute approximate surface area is 397 Å². The van der Waals surface area contributed by atoms with E-state index in [2.05, 4.69) is 211 Å². The fourth-order valence-corrected chi connectivity index (χ4v) is 11.9. The van der Waals surface area contributed by atoms with Crippen LogP contribution in [-0.2, 0) is 5.41 Å². The highest BCUT2D eigenvalue weighted by molar-refractivity contribution is 6.17. The Morgan fingerprint density at radius 1 is 0.348 bits per heavy atom. The van der Waals surface area contributed by atoms with Gasteiger partial charge in [0.25, 0.3) is 0 Å². The van der Waals surface area contributed by atoms with Gasteiger partial charge in [-0.3, -0.25) is 0 Å². The maximum atomic E-state index is 6.74. The van der Waals surface area contributed by atoms with Crippen LogP contribution >= 0.6 is 0 Å². The molecular weight excluding hydrogens is 841 g/mol. The molecule has 0 saturated heterocycles. The number of rotatable bonds is 5. The second-order valence-electron chi connectivity index (χ2n) is 18.2. The highest BCUT2D eigenvalue weighted by atomic mass is 16.3. The van der Waals surface area contributed by atoms with Gasteiger partial charge in [-0.15, -0.1) is 0 Å². The van der Waals surface area contributed by atoms with Gasteiger partial charge in [0.05, 0.1) is 22.1 Å². The summed E-state index contributed by atoms with van der Waals surface area (Å²) >= 11 is 0. The Hall–Kier alpha value is -9.19. The summed E-state index contributed by atoms with van der Waals surface area (Å²) in [5.74, 6) is 1.75. The topological polar surface area (TPSA) is 56.7 Å². The van der Waals surface area contributed by atoms with Crippen molar-refractivity contribution in [3.8, 4) is 73.2 Å². The van der Waals surface area contributed by atoms with E-state index in [0.717, 1.165) is 66.5 Å². The molecule has 10 aromatic carbocycles. The third-order valence-corrected chi connectivity index (χ3v) is 14.7. The van der Waals surface area contributed by atoms with Crippen LogP contribution in [0, 0.1) is 0 Å². The molecule has 0 amide bonds. The monoisotopic (exact) mass is 878 g/mol. The highest BCUT2D eigenvalue weighted by Gasteiger charge is 2.52. The number of aromatic nitrogens is 4. The Kier molecular flexibility index (Phi) is 7.93. The molecule has 320 valence electrons. The lowest BCUT2D eigenvalue weighted by Gasteiger charge is -2.30. The Balaban J connectivity index is 0.980. The smallest absolute Gasteiger partial charge is 0.166 e. The number of nitrogens with zero attached hydrogens (tertiary/aromatic N) is 4. The van der Waals surface area contributed by atoms with Gasteiger partial charge in [-0.25, -0.2) is 15.0 Å². The first kappa shape index (κ1) is 38.0. The summed E-state index contributed by atoms with van der Waals surface area (Å²) in [6, 6.07) is 82.5. The van der Waals surface area contributed by atoms with E-state index in [9.17, 15) is 0 Å². The molecule has 0 unspecified atom stereocenters. The Morgan fingerprint density at radius 3 is 1.65 bits per heavy atom. The van der Waals surface area contributed by atoms with Crippen molar-refractivity contribution in [3.05, 3.63) is 253 Å². The molecule has 0 N–H and O–H groups in total. The maximum Gasteiger partial charge on any atom is 0.166 e. The summed E-state index contributed by atoms with van der Waals surface area (Å²) < 4.78 is 9.21. The van der Waals surface area contributed by atoms with E-state index in [0.29, 0.717) is 17.5 Å². The zero-order valence-corrected chi connectivity index (χ0v) is 37.1. The number of fused-ring (bicyclic) bond motifs is 17. The number of furan rings is 1. The van der Waals surface area contributed by atoms with Crippen LogP contribution in [0.4, 0.5) is 0 Å². The number of benzene rings is 10. The zero-order chi connectivity index (χ0) is 45.2. The van der Waals surface area contributed by atoms with Crippen molar-refractivity contribution >= 4 is 43.7 Å². The lowest BCUT2D eigenvalue weighted by molar-refractivity contribution is 0.670. The van der Waals surface area contributed by atoms with E-state index in [1.54, 1.807) is 0 Å². The average molecular weight is 879 g/mol. The third-order valence-electron chi connectivity index (χ3n) is 14.7. The van der Waals surface area contributed by atoms with Gasteiger partial charge in [-0.2, -0.15) is 0 Å². The Bertz CT molecular complexity index is 4210. The van der Waals surface area contributed by atoms with Crippen molar-refractivity contribution in [1.82, 2.24) is 19.5 Å². The summed E-state index contributed by atoms with van der Waals surface area (Å²) in [6.07, 6.45) is 0. The van der Waals surface area contributed by atoms with Crippen molar-refractivity contribution in [2.45, 2.75) is 5.41 Å². The molecule has 0 atom stereocenters. The molecule has 3 heterocycles. The molecule has 13 aromatic rings. The lowest BCUT2D eigenvalue weighted by atomic mass is 9.70. The second-order valence-corrected chi connectivity index (χ2v) is 18.2. The summed E-state index contributed by atoms with van der Waals surface area (Å²) in [5, 5.41) is 4.50. The first-order valence-corrected chi connectivity index (χ1v) is 23.5. The van der Waals surface area contributed by atoms with Gasteiger partial charge in [0.15, 0.2) is 17.5 Å². The van der Waals surface area contributed by atoms with Crippen LogP contribution in [0.5, 0.6) is 0 Å². The minimum absolute atomic E-state index is 0.480. The van der Waals surface area contributed by atoms with Crippen LogP contribution < -0.4 is 0 Å². The minimum atomic E-state index is -0.480. The molecule has 0 fully saturated rings. The molecule has 5 nitrogen and oxygen atoms in total. The van der Waals surface area contributed by atoms with Crippen molar-refractivity contribution < 1.29 is 4.42 Å². The van der Waals surface area contributed by atoms with Crippen molar-refractivity contribution in [2.24, 2.45) is 0 Å². The summed E-state index contributed by atoms with van der Waals surface area (Å²) in [7, 11) is 0. The zero-order valence-electron chi connectivity index (χ0n) is 37.1. The molecule has 0 radical (unpaired) electrons. The fraction of sp³-hybridized carbons (Fsp3) is 0.0156. The van der Waals surface area contributed by atoms with Gasteiger partial charge < -0.3 is 8.98 Å². The van der Waals surface area contributed by atoms with Crippen LogP contribution in [-0.4, -0.2) is 19.5 Å². The van der Waals surface area contributed by atoms with Gasteiger partial charge >= 0.3 is 0 Å². The highest BCUT2D eigenvalue weighted by Crippen LogP contribution is 2.64. The molecule has 5 heteroatoms. The molecule has 2 aliphatic rings. The molecule has 3 aromatic heterocycles. The van der Waals surface area contributed by atoms with Gasteiger partial charge in [0.1, 0.15) is 11.2 Å². The summed E-state index contributed by atoms with van der Waals surface area (Å²) in [4.78, 5) is 15.9. The van der Waals surface area contributed by atoms with Crippen molar-refractivity contribution in [3.63, 3.8) is 0 Å². The normalized spacial score (nSPS) is 13.0. The van der Waals surface area contributed by atoms with Crippen LogP contribution in [0.15, 0.2) is 235 Å².